The van der Waals surface area contributed by atoms with Gasteiger partial charge in [-0.05, 0) is 61.3 Å². The number of carboxylic acid groups (broad SMARTS) is 1. The van der Waals surface area contributed by atoms with Gasteiger partial charge in [0.05, 0.1) is 6.54 Å². The molecule has 16 nitrogen and oxygen atoms in total. The smallest absolute Gasteiger partial charge is 0.870 e. The van der Waals surface area contributed by atoms with Gasteiger partial charge in [-0.2, -0.15) is 34.1 Å². The first kappa shape index (κ1) is 40.2. The minimum Gasteiger partial charge on any atom is -0.870 e. The van der Waals surface area contributed by atoms with Crippen LogP contribution in [0.15, 0.2) is 0 Å². The van der Waals surface area contributed by atoms with Crippen LogP contribution in [-0.4, -0.2) is 119 Å². The van der Waals surface area contributed by atoms with Gasteiger partial charge in [0.2, 0.25) is 0 Å². The van der Waals surface area contributed by atoms with Crippen LogP contribution in [0.4, 0.5) is 9.59 Å². The molecule has 0 aliphatic carbocycles. The number of rotatable bonds is 4. The van der Waals surface area contributed by atoms with Crippen LogP contribution < -0.4 is 18.9 Å². The number of carbonyl (C=O) groups is 4. The fourth-order valence-electron chi connectivity index (χ4n) is 3.24. The Kier molecular flexibility index (Phi) is 15.4. The molecule has 0 atom stereocenters. The van der Waals surface area contributed by atoms with Crippen LogP contribution in [0.2, 0.25) is 0 Å². The molecular weight excluding hydrogens is 571 g/mol. The van der Waals surface area contributed by atoms with Crippen LogP contribution in [0, 0.1) is 0 Å². The van der Waals surface area contributed by atoms with Crippen molar-refractivity contribution in [3.8, 4) is 0 Å². The summed E-state index contributed by atoms with van der Waals surface area (Å²) >= 11 is 0. The van der Waals surface area contributed by atoms with Crippen LogP contribution >= 0.6 is 0 Å². The Morgan fingerprint density at radius 2 is 1.02 bits per heavy atom. The Balaban J connectivity index is 0. The molecule has 2 rings (SSSR count). The van der Waals surface area contributed by atoms with Crippen molar-refractivity contribution < 1.29 is 74.9 Å². The van der Waals surface area contributed by atoms with Crippen LogP contribution in [-0.2, 0) is 39.5 Å². The van der Waals surface area contributed by atoms with E-state index in [1.807, 2.05) is 0 Å². The maximum atomic E-state index is 12.2. The quantitative estimate of drug-likeness (QED) is 0.337. The second kappa shape index (κ2) is 15.3. The topological polar surface area (TPSA) is 218 Å². The molecule has 2 heterocycles. The van der Waals surface area contributed by atoms with E-state index in [1.54, 1.807) is 41.5 Å². The molecule has 2 amide bonds. The summed E-state index contributed by atoms with van der Waals surface area (Å²) in [7, 11) is -8.08. The normalized spacial score (nSPS) is 19.1. The average molecular weight is 611 g/mol. The largest absolute Gasteiger partial charge is 1.00 e. The minimum atomic E-state index is -4.12. The summed E-state index contributed by atoms with van der Waals surface area (Å²) in [6.07, 6.45) is -1.04. The van der Waals surface area contributed by atoms with Crippen LogP contribution in [0.25, 0.3) is 0 Å². The summed E-state index contributed by atoms with van der Waals surface area (Å²) < 4.78 is 61.6. The van der Waals surface area contributed by atoms with Crippen molar-refractivity contribution in [2.75, 3.05) is 39.3 Å². The molecule has 40 heavy (non-hydrogen) atoms. The third-order valence-corrected chi connectivity index (χ3v) is 8.36. The Hall–Kier alpha value is -1.94. The maximum Gasteiger partial charge on any atom is 1.00 e. The third kappa shape index (κ3) is 12.3. The summed E-state index contributed by atoms with van der Waals surface area (Å²) in [6.45, 7) is 10.7. The first-order chi connectivity index (χ1) is 17.1. The van der Waals surface area contributed by atoms with Crippen molar-refractivity contribution >= 4 is 44.4 Å². The molecule has 2 aliphatic heterocycles. The molecule has 2 N–H and O–H groups in total. The molecule has 2 aliphatic rings. The van der Waals surface area contributed by atoms with Crippen molar-refractivity contribution in [1.82, 2.24) is 17.2 Å². The number of aliphatic carboxylic acids is 1. The van der Waals surface area contributed by atoms with Crippen LogP contribution in [0.1, 0.15) is 61.3 Å². The Labute approximate surface area is 247 Å². The van der Waals surface area contributed by atoms with Crippen LogP contribution in [0.3, 0.4) is 0 Å². The fraction of sp³-hybridized carbons (Fsp3) is 0.810. The molecule has 0 aromatic rings. The number of amides is 2. The fourth-order valence-corrected chi connectivity index (χ4v) is 6.31. The van der Waals surface area contributed by atoms with Gasteiger partial charge < -0.3 is 20.1 Å². The van der Waals surface area contributed by atoms with E-state index in [-0.39, 0.29) is 62.8 Å². The Morgan fingerprint density at radius 3 is 1.30 bits per heavy atom. The molecule has 2 saturated heterocycles. The van der Waals surface area contributed by atoms with Crippen LogP contribution in [0.5, 0.6) is 0 Å². The number of hydrogen-bond acceptors (Lipinski definition) is 11. The van der Waals surface area contributed by atoms with Crippen molar-refractivity contribution in [3.05, 3.63) is 0 Å². The molecule has 0 radical (unpaired) electrons. The maximum absolute atomic E-state index is 12.2. The molecule has 0 aromatic carbocycles. The molecule has 0 unspecified atom stereocenters. The molecular formula is C21H39LiN4O12S2. The second-order valence-electron chi connectivity index (χ2n) is 10.6. The zero-order valence-electron chi connectivity index (χ0n) is 24.2. The number of carboxylic acids is 1. The summed E-state index contributed by atoms with van der Waals surface area (Å²) in [4.78, 5) is 45.4. The number of Topliss-reactive ketones (excluding diaryl/α,β-unsaturated/α-hetero) is 1. The average Bonchev–Trinajstić information content (AvgIpc) is 2.68. The van der Waals surface area contributed by atoms with Gasteiger partial charge in [-0.25, -0.2) is 9.59 Å². The van der Waals surface area contributed by atoms with E-state index in [4.69, 9.17) is 14.6 Å². The first-order valence-corrected chi connectivity index (χ1v) is 14.6. The zero-order chi connectivity index (χ0) is 29.7. The summed E-state index contributed by atoms with van der Waals surface area (Å²) in [5, 5.41) is 8.67. The molecule has 0 spiro atoms. The van der Waals surface area contributed by atoms with E-state index in [1.165, 1.54) is 6.92 Å². The van der Waals surface area contributed by atoms with Gasteiger partial charge in [-0.15, -0.1) is 0 Å². The van der Waals surface area contributed by atoms with Crippen molar-refractivity contribution in [1.29, 1.82) is 0 Å². The number of hydrogen-bond donors (Lipinski definition) is 1. The number of carbonyl (C=O) groups excluding carboxylic acids is 3. The third-order valence-electron chi connectivity index (χ3n) is 4.65. The molecule has 0 aromatic heterocycles. The van der Waals surface area contributed by atoms with Gasteiger partial charge in [0.25, 0.3) is 0 Å². The van der Waals surface area contributed by atoms with Gasteiger partial charge in [0, 0.05) is 26.2 Å². The number of ketones is 1. The summed E-state index contributed by atoms with van der Waals surface area (Å²) in [5.41, 5.74) is -1.59. The van der Waals surface area contributed by atoms with Gasteiger partial charge in [-0.3, -0.25) is 9.59 Å². The summed E-state index contributed by atoms with van der Waals surface area (Å²) in [6, 6.07) is 0. The minimum absolute atomic E-state index is 0. The molecule has 19 heteroatoms. The van der Waals surface area contributed by atoms with E-state index >= 15 is 0 Å². The predicted octanol–water partition coefficient (Wildman–Crippen LogP) is -2.15. The van der Waals surface area contributed by atoms with E-state index in [2.05, 4.69) is 0 Å². The standard InChI is InChI=1S/C11H20N2O5S.C10H18N2O6S.Li.H2O/c1-9(14)8-12-6-5-7-13(19(12,16)17)10(15)18-11(2,3)4;1-10(2,3)18-9(15)12-6-4-5-11(7-8(13)14)19(12,16)17;;/h5-8H2,1-4H3;4-7H2,1-3H3,(H,13,14);;1H2/q;;+1;/p-1. The summed E-state index contributed by atoms with van der Waals surface area (Å²) in [5.74, 6) is -1.54. The van der Waals surface area contributed by atoms with Gasteiger partial charge in [-0.1, -0.05) is 0 Å². The molecule has 228 valence electrons. The first-order valence-electron chi connectivity index (χ1n) is 11.8. The monoisotopic (exact) mass is 610 g/mol. The molecule has 0 saturated carbocycles. The van der Waals surface area contributed by atoms with Gasteiger partial charge in [0.1, 0.15) is 23.5 Å². The second-order valence-corrected chi connectivity index (χ2v) is 14.3. The zero-order valence-corrected chi connectivity index (χ0v) is 25.9. The van der Waals surface area contributed by atoms with Gasteiger partial charge >= 0.3 is 57.4 Å². The molecule has 0 bridgehead atoms. The van der Waals surface area contributed by atoms with E-state index in [9.17, 15) is 36.0 Å². The Morgan fingerprint density at radius 1 is 0.700 bits per heavy atom. The van der Waals surface area contributed by atoms with Gasteiger partial charge in [0.15, 0.2) is 0 Å². The van der Waals surface area contributed by atoms with Crippen molar-refractivity contribution in [3.63, 3.8) is 0 Å². The number of nitrogens with zero attached hydrogens (tertiary/aromatic N) is 4. The predicted molar refractivity (Wildman–Crippen MR) is 136 cm³/mol. The Bertz CT molecular complexity index is 1030. The van der Waals surface area contributed by atoms with Crippen molar-refractivity contribution in [2.45, 2.75) is 72.5 Å². The van der Waals surface area contributed by atoms with E-state index < -0.39 is 56.3 Å². The SMILES string of the molecule is CC(=O)CN1CCCN(C(=O)OC(C)(C)C)S1(=O)=O.CC(C)(C)OC(=O)N1CCCN(CC(=O)O)S1(=O)=O.[Li+].[OH-]. The van der Waals surface area contributed by atoms with Crippen molar-refractivity contribution in [2.24, 2.45) is 0 Å². The van der Waals surface area contributed by atoms with E-state index in [0.717, 1.165) is 8.61 Å². The van der Waals surface area contributed by atoms with E-state index in [0.29, 0.717) is 21.5 Å². The molecule has 2 fully saturated rings. The number of ether oxygens (including phenoxy) is 2.